The van der Waals surface area contributed by atoms with Gasteiger partial charge in [-0.1, -0.05) is 36.4 Å². The van der Waals surface area contributed by atoms with Crippen molar-refractivity contribution in [1.29, 1.82) is 0 Å². The first-order valence-corrected chi connectivity index (χ1v) is 7.88. The van der Waals surface area contributed by atoms with E-state index in [-0.39, 0.29) is 0 Å². The van der Waals surface area contributed by atoms with Gasteiger partial charge >= 0.3 is 0 Å². The normalized spacial score (nSPS) is 16.3. The number of hydrogen-bond donors (Lipinski definition) is 0. The van der Waals surface area contributed by atoms with Crippen LogP contribution in [0.2, 0.25) is 0 Å². The molecule has 0 bridgehead atoms. The van der Waals surface area contributed by atoms with Crippen molar-refractivity contribution in [2.45, 2.75) is 0 Å². The van der Waals surface area contributed by atoms with Crippen molar-refractivity contribution in [2.24, 2.45) is 0 Å². The highest BCUT2D eigenvalue weighted by Crippen LogP contribution is 2.38. The molecule has 6 nitrogen and oxygen atoms in total. The van der Waals surface area contributed by atoms with Crippen LogP contribution in [0.3, 0.4) is 0 Å². The SMILES string of the molecule is O=C1C=CC(=O)N1c1ccccc1-c1ccccc1N1C(=O)C=CC1=O. The molecule has 4 rings (SSSR count). The molecule has 2 heterocycles. The number of para-hydroxylation sites is 2. The van der Waals surface area contributed by atoms with E-state index in [9.17, 15) is 19.2 Å². The summed E-state index contributed by atoms with van der Waals surface area (Å²) < 4.78 is 0. The molecule has 0 atom stereocenters. The van der Waals surface area contributed by atoms with Crippen molar-refractivity contribution in [3.8, 4) is 11.1 Å². The Bertz CT molecular complexity index is 916. The van der Waals surface area contributed by atoms with Crippen LogP contribution in [0, 0.1) is 0 Å². The van der Waals surface area contributed by atoms with Gasteiger partial charge in [-0.05, 0) is 12.1 Å². The minimum Gasteiger partial charge on any atom is -0.269 e. The van der Waals surface area contributed by atoms with Crippen molar-refractivity contribution < 1.29 is 19.2 Å². The summed E-state index contributed by atoms with van der Waals surface area (Å²) in [5.74, 6) is -1.74. The van der Waals surface area contributed by atoms with Gasteiger partial charge in [0.05, 0.1) is 11.4 Å². The largest absolute Gasteiger partial charge is 0.269 e. The van der Waals surface area contributed by atoms with Crippen LogP contribution in [0.4, 0.5) is 11.4 Å². The Morgan fingerprint density at radius 3 is 1.12 bits per heavy atom. The quantitative estimate of drug-likeness (QED) is 0.800. The monoisotopic (exact) mass is 344 g/mol. The molecule has 6 heteroatoms. The molecule has 2 aromatic rings. The zero-order chi connectivity index (χ0) is 18.3. The first-order valence-electron chi connectivity index (χ1n) is 7.88. The second-order valence-electron chi connectivity index (χ2n) is 5.72. The number of carbonyl (C=O) groups excluding carboxylic acids is 4. The van der Waals surface area contributed by atoms with E-state index in [1.165, 1.54) is 24.3 Å². The maximum Gasteiger partial charge on any atom is 0.258 e. The van der Waals surface area contributed by atoms with Gasteiger partial charge in [-0.15, -0.1) is 0 Å². The van der Waals surface area contributed by atoms with Crippen LogP contribution in [-0.4, -0.2) is 23.6 Å². The summed E-state index contributed by atoms with van der Waals surface area (Å²) in [5.41, 5.74) is 1.93. The standard InChI is InChI=1S/C20H12N2O4/c23-17-9-10-18(24)21(17)15-7-3-1-5-13(15)14-6-2-4-8-16(14)22-19(25)11-12-20(22)26/h1-12H. The Morgan fingerprint density at radius 1 is 0.462 bits per heavy atom. The second-order valence-corrected chi connectivity index (χ2v) is 5.72. The highest BCUT2D eigenvalue weighted by atomic mass is 16.2. The van der Waals surface area contributed by atoms with Gasteiger partial charge in [0.25, 0.3) is 23.6 Å². The van der Waals surface area contributed by atoms with Crippen LogP contribution >= 0.6 is 0 Å². The van der Waals surface area contributed by atoms with Gasteiger partial charge in [-0.2, -0.15) is 0 Å². The molecule has 2 aliphatic rings. The minimum absolute atomic E-state index is 0.395. The lowest BCUT2D eigenvalue weighted by atomic mass is 10.00. The summed E-state index contributed by atoms with van der Waals surface area (Å²) in [6.07, 6.45) is 4.84. The molecule has 2 aromatic carbocycles. The summed E-state index contributed by atoms with van der Waals surface area (Å²) in [4.78, 5) is 50.5. The predicted octanol–water partition coefficient (Wildman–Crippen LogP) is 2.21. The van der Waals surface area contributed by atoms with E-state index < -0.39 is 23.6 Å². The topological polar surface area (TPSA) is 74.8 Å². The number of anilines is 2. The molecule has 0 N–H and O–H groups in total. The van der Waals surface area contributed by atoms with E-state index >= 15 is 0 Å². The van der Waals surface area contributed by atoms with Crippen LogP contribution in [-0.2, 0) is 19.2 Å². The average Bonchev–Trinajstić information content (AvgIpc) is 3.16. The zero-order valence-electron chi connectivity index (χ0n) is 13.5. The number of hydrogen-bond acceptors (Lipinski definition) is 4. The molecule has 0 aromatic heterocycles. The molecule has 0 spiro atoms. The second kappa shape index (κ2) is 5.93. The van der Waals surface area contributed by atoms with E-state index in [0.29, 0.717) is 22.5 Å². The third kappa shape index (κ3) is 2.36. The van der Waals surface area contributed by atoms with Crippen molar-refractivity contribution in [3.63, 3.8) is 0 Å². The fraction of sp³-hybridized carbons (Fsp3) is 0. The highest BCUT2D eigenvalue weighted by molar-refractivity contribution is 6.31. The maximum absolute atomic E-state index is 12.1. The molecular formula is C20H12N2O4. The lowest BCUT2D eigenvalue weighted by Crippen LogP contribution is -2.31. The van der Waals surface area contributed by atoms with Gasteiger partial charge in [-0.3, -0.25) is 19.2 Å². The fourth-order valence-electron chi connectivity index (χ4n) is 3.07. The number of rotatable bonds is 3. The first-order chi connectivity index (χ1) is 12.6. The van der Waals surface area contributed by atoms with Crippen molar-refractivity contribution in [3.05, 3.63) is 72.8 Å². The molecule has 0 saturated carbocycles. The van der Waals surface area contributed by atoms with Crippen molar-refractivity contribution >= 4 is 35.0 Å². The number of carbonyl (C=O) groups is 4. The summed E-state index contributed by atoms with van der Waals surface area (Å²) in [5, 5.41) is 0. The van der Waals surface area contributed by atoms with Crippen LogP contribution in [0.5, 0.6) is 0 Å². The summed E-state index contributed by atoms with van der Waals surface area (Å²) >= 11 is 0. The Labute approximate surface area is 148 Å². The smallest absolute Gasteiger partial charge is 0.258 e. The fourth-order valence-corrected chi connectivity index (χ4v) is 3.07. The highest BCUT2D eigenvalue weighted by Gasteiger charge is 2.31. The average molecular weight is 344 g/mol. The lowest BCUT2D eigenvalue weighted by molar-refractivity contribution is -0.121. The number of nitrogens with zero attached hydrogens (tertiary/aromatic N) is 2. The van der Waals surface area contributed by atoms with Crippen LogP contribution in [0.1, 0.15) is 0 Å². The Balaban J connectivity index is 1.89. The Hall–Kier alpha value is -3.80. The summed E-state index contributed by atoms with van der Waals surface area (Å²) in [6, 6.07) is 13.8. The van der Waals surface area contributed by atoms with E-state index in [0.717, 1.165) is 9.80 Å². The van der Waals surface area contributed by atoms with Crippen LogP contribution in [0.25, 0.3) is 11.1 Å². The minimum atomic E-state index is -0.435. The maximum atomic E-state index is 12.1. The Morgan fingerprint density at radius 2 is 0.769 bits per heavy atom. The van der Waals surface area contributed by atoms with Gasteiger partial charge in [0.2, 0.25) is 0 Å². The molecule has 4 amide bonds. The van der Waals surface area contributed by atoms with Gasteiger partial charge in [0.1, 0.15) is 0 Å². The number of amides is 4. The summed E-state index contributed by atoms with van der Waals surface area (Å²) in [7, 11) is 0. The predicted molar refractivity (Wildman–Crippen MR) is 95.1 cm³/mol. The van der Waals surface area contributed by atoms with Gasteiger partial charge < -0.3 is 0 Å². The van der Waals surface area contributed by atoms with Crippen molar-refractivity contribution in [1.82, 2.24) is 0 Å². The lowest BCUT2D eigenvalue weighted by Gasteiger charge is -2.22. The zero-order valence-corrected chi connectivity index (χ0v) is 13.5. The number of imide groups is 2. The van der Waals surface area contributed by atoms with E-state index in [1.54, 1.807) is 48.5 Å². The van der Waals surface area contributed by atoms with Gasteiger partial charge in [0.15, 0.2) is 0 Å². The Kier molecular flexibility index (Phi) is 3.58. The van der Waals surface area contributed by atoms with Crippen LogP contribution in [0.15, 0.2) is 72.8 Å². The third-order valence-corrected chi connectivity index (χ3v) is 4.20. The van der Waals surface area contributed by atoms with Gasteiger partial charge in [-0.25, -0.2) is 9.80 Å². The third-order valence-electron chi connectivity index (χ3n) is 4.20. The van der Waals surface area contributed by atoms with E-state index in [4.69, 9.17) is 0 Å². The molecule has 0 aliphatic carbocycles. The molecule has 0 radical (unpaired) electrons. The molecule has 0 fully saturated rings. The molecule has 126 valence electrons. The molecule has 26 heavy (non-hydrogen) atoms. The molecular weight excluding hydrogens is 332 g/mol. The van der Waals surface area contributed by atoms with Crippen LogP contribution < -0.4 is 9.80 Å². The molecule has 0 unspecified atom stereocenters. The molecule has 2 aliphatic heterocycles. The number of benzene rings is 2. The summed E-state index contributed by atoms with van der Waals surface area (Å²) in [6.45, 7) is 0. The first kappa shape index (κ1) is 15.7. The molecule has 0 saturated heterocycles. The van der Waals surface area contributed by atoms with Crippen molar-refractivity contribution in [2.75, 3.05) is 9.80 Å². The van der Waals surface area contributed by atoms with Gasteiger partial charge in [0, 0.05) is 35.4 Å². The van der Waals surface area contributed by atoms with E-state index in [1.807, 2.05) is 0 Å². The van der Waals surface area contributed by atoms with E-state index in [2.05, 4.69) is 0 Å².